The molecule has 28 heavy (non-hydrogen) atoms. The molecule has 0 aliphatic heterocycles. The molecule has 0 atom stereocenters. The summed E-state index contributed by atoms with van der Waals surface area (Å²) in [4.78, 5) is 12.3. The van der Waals surface area contributed by atoms with E-state index >= 15 is 0 Å². The maximum absolute atomic E-state index is 12.4. The van der Waals surface area contributed by atoms with Crippen LogP contribution in [-0.2, 0) is 10.0 Å². The van der Waals surface area contributed by atoms with Crippen molar-refractivity contribution in [3.8, 4) is 0 Å². The minimum Gasteiger partial charge on any atom is -0.280 e. The quantitative estimate of drug-likeness (QED) is 0.432. The van der Waals surface area contributed by atoms with Crippen LogP contribution in [0.25, 0.3) is 0 Å². The molecule has 142 valence electrons. The number of rotatable bonds is 6. The summed E-state index contributed by atoms with van der Waals surface area (Å²) in [6, 6.07) is 21.7. The van der Waals surface area contributed by atoms with Crippen LogP contribution in [-0.4, -0.2) is 20.5 Å². The zero-order valence-electron chi connectivity index (χ0n) is 14.5. The van der Waals surface area contributed by atoms with Crippen LogP contribution in [0.4, 0.5) is 5.69 Å². The Morgan fingerprint density at radius 3 is 2.18 bits per heavy atom. The zero-order valence-corrected chi connectivity index (χ0v) is 16.9. The van der Waals surface area contributed by atoms with E-state index in [1.54, 1.807) is 18.3 Å². The van der Waals surface area contributed by atoms with Crippen molar-refractivity contribution in [1.29, 1.82) is 0 Å². The second-order valence-electron chi connectivity index (χ2n) is 5.75. The Hall–Kier alpha value is -2.97. The van der Waals surface area contributed by atoms with Gasteiger partial charge >= 0.3 is 0 Å². The van der Waals surface area contributed by atoms with Crippen LogP contribution in [0.3, 0.4) is 0 Å². The van der Waals surface area contributed by atoms with Gasteiger partial charge < -0.3 is 0 Å². The Labute approximate surface area is 171 Å². The molecule has 0 fully saturated rings. The van der Waals surface area contributed by atoms with Crippen LogP contribution in [0.5, 0.6) is 0 Å². The van der Waals surface area contributed by atoms with E-state index in [2.05, 4.69) is 31.2 Å². The Balaban J connectivity index is 1.63. The van der Waals surface area contributed by atoms with Gasteiger partial charge in [-0.2, -0.15) is 5.10 Å². The zero-order chi connectivity index (χ0) is 20.0. The van der Waals surface area contributed by atoms with Gasteiger partial charge in [0.15, 0.2) is 0 Å². The highest BCUT2D eigenvalue weighted by molar-refractivity contribution is 9.10. The van der Waals surface area contributed by atoms with Gasteiger partial charge in [0.25, 0.3) is 15.9 Å². The Morgan fingerprint density at radius 1 is 0.893 bits per heavy atom. The van der Waals surface area contributed by atoms with Gasteiger partial charge in [0.2, 0.25) is 0 Å². The number of hydrogen-bond acceptors (Lipinski definition) is 4. The number of nitrogens with one attached hydrogen (secondary N) is 2. The van der Waals surface area contributed by atoms with E-state index in [1.807, 2.05) is 30.3 Å². The molecule has 3 rings (SSSR count). The van der Waals surface area contributed by atoms with Crippen molar-refractivity contribution in [3.63, 3.8) is 0 Å². The van der Waals surface area contributed by atoms with Gasteiger partial charge in [-0.25, -0.2) is 13.8 Å². The summed E-state index contributed by atoms with van der Waals surface area (Å²) in [5.41, 5.74) is 4.01. The molecule has 0 aromatic heterocycles. The lowest BCUT2D eigenvalue weighted by Crippen LogP contribution is -2.18. The van der Waals surface area contributed by atoms with Gasteiger partial charge in [0.05, 0.1) is 11.1 Å². The molecule has 1 amide bonds. The lowest BCUT2D eigenvalue weighted by Gasteiger charge is -2.09. The lowest BCUT2D eigenvalue weighted by atomic mass is 10.2. The van der Waals surface area contributed by atoms with Gasteiger partial charge in [-0.15, -0.1) is 0 Å². The molecule has 0 saturated carbocycles. The molecule has 8 heteroatoms. The maximum Gasteiger partial charge on any atom is 0.271 e. The molecule has 3 aromatic rings. The molecule has 0 radical (unpaired) electrons. The smallest absolute Gasteiger partial charge is 0.271 e. The van der Waals surface area contributed by atoms with Crippen LogP contribution in [0, 0.1) is 0 Å². The average Bonchev–Trinajstić information content (AvgIpc) is 2.69. The van der Waals surface area contributed by atoms with Gasteiger partial charge in [-0.05, 0) is 54.1 Å². The predicted octanol–water partition coefficient (Wildman–Crippen LogP) is 4.01. The molecular formula is C20H16BrN3O3S. The fourth-order valence-corrected chi connectivity index (χ4v) is 3.61. The highest BCUT2D eigenvalue weighted by Crippen LogP contribution is 2.19. The number of sulfonamides is 1. The van der Waals surface area contributed by atoms with Gasteiger partial charge in [-0.3, -0.25) is 9.52 Å². The summed E-state index contributed by atoms with van der Waals surface area (Å²) in [5.74, 6) is -0.394. The molecule has 2 N–H and O–H groups in total. The van der Waals surface area contributed by atoms with E-state index in [1.165, 1.54) is 36.4 Å². The Morgan fingerprint density at radius 2 is 1.54 bits per heavy atom. The first-order chi connectivity index (χ1) is 13.4. The summed E-state index contributed by atoms with van der Waals surface area (Å²) >= 11 is 3.27. The molecule has 0 unspecified atom stereocenters. The van der Waals surface area contributed by atoms with Crippen LogP contribution >= 0.6 is 15.9 Å². The summed E-state index contributed by atoms with van der Waals surface area (Å²) in [6.45, 7) is 0. The third-order valence-electron chi connectivity index (χ3n) is 3.70. The summed E-state index contributed by atoms with van der Waals surface area (Å²) in [6.07, 6.45) is 1.54. The molecular weight excluding hydrogens is 442 g/mol. The van der Waals surface area contributed by atoms with Crippen molar-refractivity contribution in [1.82, 2.24) is 5.43 Å². The van der Waals surface area contributed by atoms with Crippen LogP contribution in [0.15, 0.2) is 93.3 Å². The number of anilines is 1. The van der Waals surface area contributed by atoms with E-state index in [0.29, 0.717) is 11.3 Å². The van der Waals surface area contributed by atoms with E-state index in [-0.39, 0.29) is 4.90 Å². The van der Waals surface area contributed by atoms with E-state index in [4.69, 9.17) is 0 Å². The van der Waals surface area contributed by atoms with E-state index in [0.717, 1.165) is 10.0 Å². The minimum absolute atomic E-state index is 0.146. The number of hydrazone groups is 1. The third kappa shape index (κ3) is 5.28. The number of hydrogen-bond donors (Lipinski definition) is 2. The first kappa shape index (κ1) is 19.8. The fourth-order valence-electron chi connectivity index (χ4n) is 2.29. The van der Waals surface area contributed by atoms with Gasteiger partial charge in [-0.1, -0.05) is 46.3 Å². The molecule has 0 saturated heterocycles. The normalized spacial score (nSPS) is 11.3. The van der Waals surface area contributed by atoms with E-state index in [9.17, 15) is 13.2 Å². The predicted molar refractivity (Wildman–Crippen MR) is 113 cm³/mol. The summed E-state index contributed by atoms with van der Waals surface area (Å²) < 4.78 is 28.0. The molecule has 0 bridgehead atoms. The first-order valence-corrected chi connectivity index (χ1v) is 10.5. The number of benzene rings is 3. The highest BCUT2D eigenvalue weighted by Gasteiger charge is 2.14. The highest BCUT2D eigenvalue weighted by atomic mass is 79.9. The number of halogens is 1. The molecule has 0 spiro atoms. The monoisotopic (exact) mass is 457 g/mol. The SMILES string of the molecule is O=C(N/N=C/c1ccccc1)c1ccc(NS(=O)(=O)c2ccc(Br)cc2)cc1. The standard InChI is InChI=1S/C20H16BrN3O3S/c21-17-8-12-19(13-9-17)28(26,27)24-18-10-6-16(7-11-18)20(25)23-22-14-15-4-2-1-3-5-15/h1-14,24H,(H,23,25)/b22-14+. The Bertz CT molecular complexity index is 1080. The van der Waals surface area contributed by atoms with Crippen molar-refractivity contribution in [2.75, 3.05) is 4.72 Å². The van der Waals surface area contributed by atoms with Crippen molar-refractivity contribution >= 4 is 43.8 Å². The molecule has 0 heterocycles. The second-order valence-corrected chi connectivity index (χ2v) is 8.34. The van der Waals surface area contributed by atoms with Crippen LogP contribution in [0.1, 0.15) is 15.9 Å². The number of carbonyl (C=O) groups excluding carboxylic acids is 1. The topological polar surface area (TPSA) is 87.6 Å². The van der Waals surface area contributed by atoms with Crippen molar-refractivity contribution in [2.24, 2.45) is 5.10 Å². The van der Waals surface area contributed by atoms with Crippen molar-refractivity contribution < 1.29 is 13.2 Å². The van der Waals surface area contributed by atoms with Gasteiger partial charge in [0, 0.05) is 15.7 Å². The largest absolute Gasteiger partial charge is 0.280 e. The number of nitrogens with zero attached hydrogens (tertiary/aromatic N) is 1. The second kappa shape index (κ2) is 8.81. The summed E-state index contributed by atoms with van der Waals surface area (Å²) in [7, 11) is -3.70. The number of amides is 1. The first-order valence-electron chi connectivity index (χ1n) is 8.21. The van der Waals surface area contributed by atoms with Crippen molar-refractivity contribution in [2.45, 2.75) is 4.90 Å². The molecule has 6 nitrogen and oxygen atoms in total. The van der Waals surface area contributed by atoms with Crippen LogP contribution in [0.2, 0.25) is 0 Å². The number of carbonyl (C=O) groups is 1. The van der Waals surface area contributed by atoms with Crippen LogP contribution < -0.4 is 10.1 Å². The lowest BCUT2D eigenvalue weighted by molar-refractivity contribution is 0.0955. The average molecular weight is 458 g/mol. The Kier molecular flexibility index (Phi) is 6.23. The maximum atomic E-state index is 12.4. The van der Waals surface area contributed by atoms with Crippen molar-refractivity contribution in [3.05, 3.63) is 94.5 Å². The van der Waals surface area contributed by atoms with Gasteiger partial charge in [0.1, 0.15) is 0 Å². The fraction of sp³-hybridized carbons (Fsp3) is 0. The minimum atomic E-state index is -3.70. The third-order valence-corrected chi connectivity index (χ3v) is 5.63. The summed E-state index contributed by atoms with van der Waals surface area (Å²) in [5, 5.41) is 3.91. The molecule has 0 aliphatic carbocycles. The van der Waals surface area contributed by atoms with E-state index < -0.39 is 15.9 Å². The molecule has 3 aromatic carbocycles. The molecule has 0 aliphatic rings.